The van der Waals surface area contributed by atoms with Crippen LogP contribution in [0.4, 0.5) is 0 Å². The van der Waals surface area contributed by atoms with Crippen molar-refractivity contribution >= 4 is 41.4 Å². The molecule has 2 rings (SSSR count). The average molecular weight is 321 g/mol. The first kappa shape index (κ1) is 11.6. The Labute approximate surface area is 111 Å². The minimum absolute atomic E-state index is 0.276. The van der Waals surface area contributed by atoms with Gasteiger partial charge in [-0.3, -0.25) is 0 Å². The summed E-state index contributed by atoms with van der Waals surface area (Å²) in [6.07, 6.45) is 8.24. The molecule has 0 amide bonds. The topological polar surface area (TPSA) is 12.0 Å². The van der Waals surface area contributed by atoms with Crippen molar-refractivity contribution in [3.05, 3.63) is 51.3 Å². The van der Waals surface area contributed by atoms with Crippen LogP contribution in [0.1, 0.15) is 17.2 Å². The minimum atomic E-state index is 0.276. The van der Waals surface area contributed by atoms with E-state index in [0.29, 0.717) is 0 Å². The molecular formula is C13H13BIN. The maximum atomic E-state index is 3.86. The summed E-state index contributed by atoms with van der Waals surface area (Å²) in [7, 11) is 0. The second-order valence-electron chi connectivity index (χ2n) is 3.80. The van der Waals surface area contributed by atoms with Crippen molar-refractivity contribution in [3.63, 3.8) is 0 Å². The van der Waals surface area contributed by atoms with Gasteiger partial charge in [0, 0.05) is 0 Å². The molecule has 0 spiro atoms. The molecule has 0 aliphatic carbocycles. The molecule has 0 bridgehead atoms. The SMILES string of the molecule is C=Bc1cc(I)cc(C2C=CC=CN2)c1C. The van der Waals surface area contributed by atoms with Gasteiger partial charge in [-0.15, -0.1) is 0 Å². The van der Waals surface area contributed by atoms with Crippen molar-refractivity contribution in [1.29, 1.82) is 0 Å². The van der Waals surface area contributed by atoms with E-state index in [1.807, 2.05) is 19.2 Å². The van der Waals surface area contributed by atoms with Crippen LogP contribution in [0.15, 0.2) is 36.6 Å². The first-order chi connectivity index (χ1) is 7.72. The Bertz CT molecular complexity index is 477. The van der Waals surface area contributed by atoms with Crippen LogP contribution in [0.2, 0.25) is 0 Å². The van der Waals surface area contributed by atoms with E-state index in [4.69, 9.17) is 0 Å². The van der Waals surface area contributed by atoms with Gasteiger partial charge in [0.15, 0.2) is 0 Å². The fraction of sp³-hybridized carbons (Fsp3) is 0.154. The van der Waals surface area contributed by atoms with Crippen LogP contribution in [-0.4, -0.2) is 13.4 Å². The Kier molecular flexibility index (Phi) is 3.64. The van der Waals surface area contributed by atoms with E-state index in [2.05, 4.69) is 65.6 Å². The molecule has 0 radical (unpaired) electrons. The van der Waals surface area contributed by atoms with Gasteiger partial charge in [0.1, 0.15) is 0 Å². The summed E-state index contributed by atoms with van der Waals surface area (Å²) >= 11 is 2.35. The summed E-state index contributed by atoms with van der Waals surface area (Å²) in [4.78, 5) is 0. The number of benzene rings is 1. The molecule has 3 heteroatoms. The molecule has 0 saturated heterocycles. The van der Waals surface area contributed by atoms with Gasteiger partial charge >= 0.3 is 111 Å². The van der Waals surface area contributed by atoms with Crippen molar-refractivity contribution < 1.29 is 0 Å². The number of hydrogen-bond acceptors (Lipinski definition) is 1. The van der Waals surface area contributed by atoms with Gasteiger partial charge in [0.05, 0.1) is 0 Å². The number of dihydropyridines is 1. The first-order valence-corrected chi connectivity index (χ1v) is 6.32. The molecule has 80 valence electrons. The van der Waals surface area contributed by atoms with Crippen LogP contribution in [0.25, 0.3) is 0 Å². The molecule has 1 aliphatic heterocycles. The third-order valence-corrected chi connectivity index (χ3v) is 3.42. The summed E-state index contributed by atoms with van der Waals surface area (Å²) in [6.45, 7) is 7.93. The predicted octanol–water partition coefficient (Wildman–Crippen LogP) is 2.08. The molecular weight excluding hydrogens is 308 g/mol. The van der Waals surface area contributed by atoms with Gasteiger partial charge in [-0.1, -0.05) is 0 Å². The van der Waals surface area contributed by atoms with Crippen LogP contribution in [0.5, 0.6) is 0 Å². The Hall–Kier alpha value is -0.835. The fourth-order valence-electron chi connectivity index (χ4n) is 1.90. The molecule has 1 nitrogen and oxygen atoms in total. The van der Waals surface area contributed by atoms with Gasteiger partial charge in [0.25, 0.3) is 0 Å². The second-order valence-corrected chi connectivity index (χ2v) is 5.05. The number of nitrogens with one attached hydrogen (secondary N) is 1. The van der Waals surface area contributed by atoms with E-state index in [0.717, 1.165) is 0 Å². The van der Waals surface area contributed by atoms with Crippen LogP contribution in [0, 0.1) is 10.5 Å². The zero-order chi connectivity index (χ0) is 11.5. The third kappa shape index (κ3) is 2.29. The predicted molar refractivity (Wildman–Crippen MR) is 80.6 cm³/mol. The van der Waals surface area contributed by atoms with Gasteiger partial charge in [-0.05, 0) is 0 Å². The van der Waals surface area contributed by atoms with Gasteiger partial charge in [-0.25, -0.2) is 0 Å². The number of halogens is 1. The van der Waals surface area contributed by atoms with Crippen LogP contribution >= 0.6 is 22.6 Å². The van der Waals surface area contributed by atoms with Crippen molar-refractivity contribution in [2.45, 2.75) is 13.0 Å². The molecule has 0 saturated carbocycles. The molecule has 1 aliphatic rings. The third-order valence-electron chi connectivity index (χ3n) is 2.79. The average Bonchev–Trinajstić information content (AvgIpc) is 2.33. The number of allylic oxidation sites excluding steroid dienone is 2. The number of hydrogen-bond donors (Lipinski definition) is 1. The normalized spacial score (nSPS) is 18.0. The monoisotopic (exact) mass is 321 g/mol. The summed E-state index contributed by atoms with van der Waals surface area (Å²) in [5, 5.41) is 3.35. The van der Waals surface area contributed by atoms with E-state index >= 15 is 0 Å². The zero-order valence-corrected chi connectivity index (χ0v) is 11.4. The molecule has 1 aromatic rings. The van der Waals surface area contributed by atoms with Crippen LogP contribution in [0.3, 0.4) is 0 Å². The van der Waals surface area contributed by atoms with Crippen molar-refractivity contribution in [2.75, 3.05) is 0 Å². The van der Waals surface area contributed by atoms with E-state index in [1.54, 1.807) is 0 Å². The molecule has 1 atom stereocenters. The van der Waals surface area contributed by atoms with Crippen LogP contribution in [-0.2, 0) is 0 Å². The summed E-state index contributed by atoms with van der Waals surface area (Å²) in [6, 6.07) is 4.66. The molecule has 0 aromatic heterocycles. The molecule has 1 N–H and O–H groups in total. The van der Waals surface area contributed by atoms with Gasteiger partial charge < -0.3 is 0 Å². The Morgan fingerprint density at radius 1 is 1.38 bits per heavy atom. The van der Waals surface area contributed by atoms with Crippen molar-refractivity contribution in [3.8, 4) is 0 Å². The maximum absolute atomic E-state index is 3.86. The summed E-state index contributed by atoms with van der Waals surface area (Å²) < 4.78 is 1.25. The van der Waals surface area contributed by atoms with E-state index in [-0.39, 0.29) is 6.04 Å². The van der Waals surface area contributed by atoms with Crippen molar-refractivity contribution in [2.24, 2.45) is 0 Å². The standard InChI is InChI=1S/C13H13BIN/c1-9-11(13-5-3-4-6-16-13)7-10(15)8-12(9)14-2/h3-8,13,16H,2H2,1H3. The zero-order valence-electron chi connectivity index (χ0n) is 9.20. The van der Waals surface area contributed by atoms with Gasteiger partial charge in [0.2, 0.25) is 0 Å². The molecule has 1 aromatic carbocycles. The quantitative estimate of drug-likeness (QED) is 0.650. The second kappa shape index (κ2) is 5.00. The first-order valence-electron chi connectivity index (χ1n) is 5.24. The van der Waals surface area contributed by atoms with Crippen molar-refractivity contribution in [1.82, 2.24) is 5.32 Å². The molecule has 16 heavy (non-hydrogen) atoms. The van der Waals surface area contributed by atoms with E-state index < -0.39 is 0 Å². The molecule has 1 heterocycles. The number of rotatable bonds is 2. The summed E-state index contributed by atoms with van der Waals surface area (Å²) in [5.74, 6) is 0. The Morgan fingerprint density at radius 3 is 2.81 bits per heavy atom. The Morgan fingerprint density at radius 2 is 2.19 bits per heavy atom. The molecule has 0 fully saturated rings. The Balaban J connectivity index is 2.47. The fourth-order valence-corrected chi connectivity index (χ4v) is 2.57. The molecule has 1 unspecified atom stereocenters. The van der Waals surface area contributed by atoms with Crippen LogP contribution < -0.4 is 10.8 Å². The summed E-state index contributed by atoms with van der Waals surface area (Å²) in [5.41, 5.74) is 3.84. The van der Waals surface area contributed by atoms with E-state index in [1.165, 1.54) is 20.2 Å². The van der Waals surface area contributed by atoms with Gasteiger partial charge in [-0.2, -0.15) is 0 Å². The van der Waals surface area contributed by atoms with E-state index in [9.17, 15) is 0 Å².